The van der Waals surface area contributed by atoms with Gasteiger partial charge in [0.1, 0.15) is 5.82 Å². The number of benzene rings is 1. The van der Waals surface area contributed by atoms with Crippen molar-refractivity contribution in [2.75, 3.05) is 6.54 Å². The number of thiophene rings is 1. The summed E-state index contributed by atoms with van der Waals surface area (Å²) in [6.07, 6.45) is 1.06. The van der Waals surface area contributed by atoms with Gasteiger partial charge in [0.25, 0.3) is 0 Å². The molecule has 2 rings (SSSR count). The van der Waals surface area contributed by atoms with Crippen molar-refractivity contribution in [2.45, 2.75) is 26.8 Å². The largest absolute Gasteiger partial charge is 0.313 e. The second-order valence-corrected chi connectivity index (χ2v) is 5.68. The van der Waals surface area contributed by atoms with E-state index in [0.29, 0.717) is 6.54 Å². The number of hydrogen-bond acceptors (Lipinski definition) is 2. The molecule has 0 aliphatic heterocycles. The van der Waals surface area contributed by atoms with Crippen LogP contribution in [0.5, 0.6) is 0 Å². The SMILES string of the molecule is CCCNCc1ccc(-c2ccc(C)s2)cc1F. The smallest absolute Gasteiger partial charge is 0.128 e. The van der Waals surface area contributed by atoms with Crippen LogP contribution in [0.15, 0.2) is 30.3 Å². The minimum absolute atomic E-state index is 0.123. The Morgan fingerprint density at radius 1 is 1.22 bits per heavy atom. The lowest BCUT2D eigenvalue weighted by atomic mass is 10.1. The van der Waals surface area contributed by atoms with Gasteiger partial charge in [-0.25, -0.2) is 4.39 Å². The summed E-state index contributed by atoms with van der Waals surface area (Å²) in [7, 11) is 0. The molecule has 0 atom stereocenters. The maximum absolute atomic E-state index is 13.9. The highest BCUT2D eigenvalue weighted by Crippen LogP contribution is 2.28. The summed E-state index contributed by atoms with van der Waals surface area (Å²) in [6, 6.07) is 9.62. The van der Waals surface area contributed by atoms with Crippen LogP contribution in [0.2, 0.25) is 0 Å². The average Bonchev–Trinajstić information content (AvgIpc) is 2.78. The lowest BCUT2D eigenvalue weighted by molar-refractivity contribution is 0.587. The maximum atomic E-state index is 13.9. The molecule has 0 saturated heterocycles. The van der Waals surface area contributed by atoms with E-state index in [1.807, 2.05) is 18.2 Å². The molecule has 0 radical (unpaired) electrons. The van der Waals surface area contributed by atoms with Crippen LogP contribution in [0.4, 0.5) is 4.39 Å². The van der Waals surface area contributed by atoms with Crippen LogP contribution in [-0.4, -0.2) is 6.54 Å². The van der Waals surface area contributed by atoms with Crippen LogP contribution in [0.3, 0.4) is 0 Å². The zero-order valence-corrected chi connectivity index (χ0v) is 11.6. The molecule has 0 aliphatic rings. The van der Waals surface area contributed by atoms with Crippen LogP contribution in [0.25, 0.3) is 10.4 Å². The van der Waals surface area contributed by atoms with E-state index in [-0.39, 0.29) is 5.82 Å². The standard InChI is InChI=1S/C15H18FNS/c1-3-8-17-10-13-6-5-12(9-14(13)16)15-7-4-11(2)18-15/h4-7,9,17H,3,8,10H2,1-2H3. The van der Waals surface area contributed by atoms with Crippen LogP contribution in [-0.2, 0) is 6.54 Å². The summed E-state index contributed by atoms with van der Waals surface area (Å²) in [5.41, 5.74) is 1.70. The summed E-state index contributed by atoms with van der Waals surface area (Å²) < 4.78 is 13.9. The maximum Gasteiger partial charge on any atom is 0.128 e. The highest BCUT2D eigenvalue weighted by molar-refractivity contribution is 7.15. The minimum atomic E-state index is -0.123. The molecule has 0 spiro atoms. The summed E-state index contributed by atoms with van der Waals surface area (Å²) in [5, 5.41) is 3.22. The Kier molecular flexibility index (Phi) is 4.50. The molecule has 18 heavy (non-hydrogen) atoms. The van der Waals surface area contributed by atoms with Crippen molar-refractivity contribution in [3.8, 4) is 10.4 Å². The van der Waals surface area contributed by atoms with E-state index in [2.05, 4.69) is 25.2 Å². The first-order chi connectivity index (χ1) is 8.70. The average molecular weight is 263 g/mol. The molecule has 0 fully saturated rings. The van der Waals surface area contributed by atoms with Gasteiger partial charge in [0, 0.05) is 21.9 Å². The van der Waals surface area contributed by atoms with Crippen molar-refractivity contribution < 1.29 is 4.39 Å². The molecule has 0 aliphatic carbocycles. The molecule has 0 unspecified atom stereocenters. The van der Waals surface area contributed by atoms with Crippen molar-refractivity contribution in [1.29, 1.82) is 0 Å². The fraction of sp³-hybridized carbons (Fsp3) is 0.333. The lowest BCUT2D eigenvalue weighted by Crippen LogP contribution is -2.14. The minimum Gasteiger partial charge on any atom is -0.313 e. The van der Waals surface area contributed by atoms with Crippen LogP contribution >= 0.6 is 11.3 Å². The monoisotopic (exact) mass is 263 g/mol. The van der Waals surface area contributed by atoms with Crippen LogP contribution in [0.1, 0.15) is 23.8 Å². The van der Waals surface area contributed by atoms with Crippen molar-refractivity contribution in [3.63, 3.8) is 0 Å². The highest BCUT2D eigenvalue weighted by Gasteiger charge is 2.06. The Morgan fingerprint density at radius 2 is 2.06 bits per heavy atom. The van der Waals surface area contributed by atoms with Crippen molar-refractivity contribution in [1.82, 2.24) is 5.32 Å². The molecule has 1 N–H and O–H groups in total. The van der Waals surface area contributed by atoms with Gasteiger partial charge in [-0.15, -0.1) is 11.3 Å². The third kappa shape index (κ3) is 3.18. The second kappa shape index (κ2) is 6.12. The summed E-state index contributed by atoms with van der Waals surface area (Å²) in [6.45, 7) is 5.69. The van der Waals surface area contributed by atoms with Gasteiger partial charge in [0.2, 0.25) is 0 Å². The third-order valence-electron chi connectivity index (χ3n) is 2.82. The molecule has 1 aromatic heterocycles. The lowest BCUT2D eigenvalue weighted by Gasteiger charge is -2.06. The predicted molar refractivity (Wildman–Crippen MR) is 76.4 cm³/mol. The Balaban J connectivity index is 2.14. The van der Waals surface area contributed by atoms with E-state index in [4.69, 9.17) is 0 Å². The van der Waals surface area contributed by atoms with E-state index >= 15 is 0 Å². The van der Waals surface area contributed by atoms with E-state index < -0.39 is 0 Å². The molecule has 96 valence electrons. The van der Waals surface area contributed by atoms with Gasteiger partial charge in [0.15, 0.2) is 0 Å². The number of aryl methyl sites for hydroxylation is 1. The van der Waals surface area contributed by atoms with Crippen molar-refractivity contribution >= 4 is 11.3 Å². The van der Waals surface area contributed by atoms with Gasteiger partial charge in [-0.2, -0.15) is 0 Å². The first-order valence-electron chi connectivity index (χ1n) is 6.26. The molecular formula is C15H18FNS. The Hall–Kier alpha value is -1.19. The van der Waals surface area contributed by atoms with Crippen LogP contribution < -0.4 is 5.32 Å². The zero-order valence-electron chi connectivity index (χ0n) is 10.8. The van der Waals surface area contributed by atoms with E-state index in [9.17, 15) is 4.39 Å². The predicted octanol–water partition coefficient (Wildman–Crippen LogP) is 4.36. The van der Waals surface area contributed by atoms with Gasteiger partial charge in [-0.3, -0.25) is 0 Å². The molecule has 1 nitrogen and oxygen atoms in total. The summed E-state index contributed by atoms with van der Waals surface area (Å²) in [5.74, 6) is -0.123. The Labute approximate surface area is 112 Å². The normalized spacial score (nSPS) is 10.8. The zero-order chi connectivity index (χ0) is 13.0. The number of nitrogens with one attached hydrogen (secondary N) is 1. The topological polar surface area (TPSA) is 12.0 Å². The van der Waals surface area contributed by atoms with Gasteiger partial charge < -0.3 is 5.32 Å². The fourth-order valence-corrected chi connectivity index (χ4v) is 2.70. The van der Waals surface area contributed by atoms with E-state index in [0.717, 1.165) is 29.0 Å². The first kappa shape index (κ1) is 13.2. The fourth-order valence-electron chi connectivity index (χ4n) is 1.83. The van der Waals surface area contributed by atoms with Gasteiger partial charge in [0.05, 0.1) is 0 Å². The Bertz CT molecular complexity index is 519. The van der Waals surface area contributed by atoms with Crippen molar-refractivity contribution in [3.05, 3.63) is 46.6 Å². The quantitative estimate of drug-likeness (QED) is 0.790. The van der Waals surface area contributed by atoms with Crippen LogP contribution in [0, 0.1) is 12.7 Å². The molecule has 0 amide bonds. The van der Waals surface area contributed by atoms with Gasteiger partial charge >= 0.3 is 0 Å². The Morgan fingerprint density at radius 3 is 2.67 bits per heavy atom. The second-order valence-electron chi connectivity index (χ2n) is 4.39. The molecule has 0 bridgehead atoms. The van der Waals surface area contributed by atoms with E-state index in [1.165, 1.54) is 4.88 Å². The number of halogens is 1. The molecule has 3 heteroatoms. The van der Waals surface area contributed by atoms with E-state index in [1.54, 1.807) is 17.4 Å². The highest BCUT2D eigenvalue weighted by atomic mass is 32.1. The van der Waals surface area contributed by atoms with Gasteiger partial charge in [-0.1, -0.05) is 19.1 Å². The van der Waals surface area contributed by atoms with Gasteiger partial charge in [-0.05, 0) is 43.7 Å². The first-order valence-corrected chi connectivity index (χ1v) is 7.08. The molecule has 1 heterocycles. The molecule has 0 saturated carbocycles. The summed E-state index contributed by atoms with van der Waals surface area (Å²) >= 11 is 1.69. The molecular weight excluding hydrogens is 245 g/mol. The third-order valence-corrected chi connectivity index (χ3v) is 3.87. The number of rotatable bonds is 5. The molecule has 2 aromatic rings. The number of hydrogen-bond donors (Lipinski definition) is 1. The molecule has 1 aromatic carbocycles. The summed E-state index contributed by atoms with van der Waals surface area (Å²) in [4.78, 5) is 2.37. The van der Waals surface area contributed by atoms with Crippen molar-refractivity contribution in [2.24, 2.45) is 0 Å².